The minimum absolute atomic E-state index is 0.160. The van der Waals surface area contributed by atoms with Gasteiger partial charge in [0, 0.05) is 17.2 Å². The molecule has 0 saturated heterocycles. The zero-order valence-electron chi connectivity index (χ0n) is 13.9. The fourth-order valence-electron chi connectivity index (χ4n) is 2.02. The van der Waals surface area contributed by atoms with Crippen molar-refractivity contribution in [2.45, 2.75) is 19.4 Å². The van der Waals surface area contributed by atoms with Gasteiger partial charge in [-0.05, 0) is 44.2 Å². The molecule has 0 unspecified atom stereocenters. The van der Waals surface area contributed by atoms with Crippen LogP contribution in [-0.2, 0) is 4.79 Å². The Kier molecular flexibility index (Phi) is 5.48. The molecule has 1 amide bonds. The molecule has 0 bridgehead atoms. The van der Waals surface area contributed by atoms with Crippen LogP contribution >= 0.6 is 11.6 Å². The van der Waals surface area contributed by atoms with Gasteiger partial charge in [0.1, 0.15) is 11.5 Å². The average molecular weight is 365 g/mol. The van der Waals surface area contributed by atoms with Crippen molar-refractivity contribution in [2.75, 3.05) is 12.4 Å². The van der Waals surface area contributed by atoms with Gasteiger partial charge in [-0.2, -0.15) is 0 Å². The van der Waals surface area contributed by atoms with Crippen LogP contribution < -0.4 is 14.8 Å². The van der Waals surface area contributed by atoms with Crippen molar-refractivity contribution in [2.24, 2.45) is 0 Å². The first-order chi connectivity index (χ1) is 11.7. The van der Waals surface area contributed by atoms with Gasteiger partial charge in [-0.15, -0.1) is 0 Å². The van der Waals surface area contributed by atoms with Gasteiger partial charge in [-0.1, -0.05) is 11.6 Å². The van der Waals surface area contributed by atoms with Crippen LogP contribution in [0.1, 0.15) is 13.8 Å². The van der Waals surface area contributed by atoms with E-state index in [-0.39, 0.29) is 11.4 Å². The number of nitro groups is 1. The maximum atomic E-state index is 12.6. The second kappa shape index (κ2) is 7.40. The van der Waals surface area contributed by atoms with Gasteiger partial charge in [0.2, 0.25) is 0 Å². The summed E-state index contributed by atoms with van der Waals surface area (Å²) < 4.78 is 10.8. The first-order valence-corrected chi connectivity index (χ1v) is 7.69. The Labute approximate surface area is 149 Å². The maximum absolute atomic E-state index is 12.6. The molecule has 0 radical (unpaired) electrons. The number of nitrogens with zero attached hydrogens (tertiary/aromatic N) is 1. The largest absolute Gasteiger partial charge is 0.495 e. The van der Waals surface area contributed by atoms with Gasteiger partial charge in [0.25, 0.3) is 11.6 Å². The molecule has 2 aromatic rings. The van der Waals surface area contributed by atoms with Crippen molar-refractivity contribution < 1.29 is 19.2 Å². The van der Waals surface area contributed by atoms with Crippen LogP contribution in [0.25, 0.3) is 0 Å². The SMILES string of the molecule is COc1ccc([N+](=O)[O-])cc1NC(=O)C(C)(C)Oc1ccc(Cl)cc1. The lowest BCUT2D eigenvalue weighted by molar-refractivity contribution is -0.384. The number of amides is 1. The summed E-state index contributed by atoms with van der Waals surface area (Å²) in [5.74, 6) is 0.290. The van der Waals surface area contributed by atoms with Gasteiger partial charge in [-0.25, -0.2) is 0 Å². The first-order valence-electron chi connectivity index (χ1n) is 7.31. The number of ether oxygens (including phenoxy) is 2. The van der Waals surface area contributed by atoms with E-state index < -0.39 is 16.4 Å². The Morgan fingerprint density at radius 1 is 1.20 bits per heavy atom. The quantitative estimate of drug-likeness (QED) is 0.616. The Morgan fingerprint density at radius 3 is 2.40 bits per heavy atom. The minimum atomic E-state index is -1.23. The third-order valence-corrected chi connectivity index (χ3v) is 3.63. The number of nitro benzene ring substituents is 1. The summed E-state index contributed by atoms with van der Waals surface area (Å²) in [6.45, 7) is 3.17. The van der Waals surface area contributed by atoms with E-state index in [1.165, 1.54) is 25.3 Å². The molecule has 0 atom stereocenters. The normalized spacial score (nSPS) is 10.9. The van der Waals surface area contributed by atoms with Crippen LogP contribution in [0.5, 0.6) is 11.5 Å². The lowest BCUT2D eigenvalue weighted by atomic mass is 10.1. The molecular formula is C17H17ClN2O5. The van der Waals surface area contributed by atoms with Crippen molar-refractivity contribution >= 4 is 28.9 Å². The fourth-order valence-corrected chi connectivity index (χ4v) is 2.15. The van der Waals surface area contributed by atoms with Crippen molar-refractivity contribution in [1.29, 1.82) is 0 Å². The number of carbonyl (C=O) groups excluding carboxylic acids is 1. The molecule has 0 heterocycles. The molecule has 0 aliphatic rings. The summed E-state index contributed by atoms with van der Waals surface area (Å²) in [5, 5.41) is 14.1. The molecule has 0 aliphatic heterocycles. The highest BCUT2D eigenvalue weighted by Gasteiger charge is 2.31. The summed E-state index contributed by atoms with van der Waals surface area (Å²) in [7, 11) is 1.41. The lowest BCUT2D eigenvalue weighted by Crippen LogP contribution is -2.42. The molecule has 8 heteroatoms. The van der Waals surface area contributed by atoms with E-state index in [1.54, 1.807) is 38.1 Å². The Bertz CT molecular complexity index is 790. The van der Waals surface area contributed by atoms with Crippen LogP contribution in [0.2, 0.25) is 5.02 Å². The highest BCUT2D eigenvalue weighted by Crippen LogP contribution is 2.30. The predicted molar refractivity (Wildman–Crippen MR) is 94.4 cm³/mol. The van der Waals surface area contributed by atoms with Gasteiger partial charge in [-0.3, -0.25) is 14.9 Å². The summed E-state index contributed by atoms with van der Waals surface area (Å²) in [5.41, 5.74) is -1.20. The Morgan fingerprint density at radius 2 is 1.84 bits per heavy atom. The number of carbonyl (C=O) groups is 1. The topological polar surface area (TPSA) is 90.7 Å². The highest BCUT2D eigenvalue weighted by atomic mass is 35.5. The summed E-state index contributed by atoms with van der Waals surface area (Å²) in [6, 6.07) is 10.5. The molecule has 0 fully saturated rings. The van der Waals surface area contributed by atoms with Crippen LogP contribution in [-0.4, -0.2) is 23.5 Å². The van der Waals surface area contributed by atoms with Crippen molar-refractivity contribution in [3.8, 4) is 11.5 Å². The van der Waals surface area contributed by atoms with Crippen LogP contribution in [0.4, 0.5) is 11.4 Å². The van der Waals surface area contributed by atoms with E-state index in [9.17, 15) is 14.9 Å². The standard InChI is InChI=1S/C17H17ClN2O5/c1-17(2,25-13-7-4-11(18)5-8-13)16(21)19-14-10-12(20(22)23)6-9-15(14)24-3/h4-10H,1-3H3,(H,19,21). The summed E-state index contributed by atoms with van der Waals surface area (Å²) >= 11 is 5.82. The third-order valence-electron chi connectivity index (χ3n) is 3.38. The number of methoxy groups -OCH3 is 1. The number of anilines is 1. The van der Waals surface area contributed by atoms with E-state index >= 15 is 0 Å². The van der Waals surface area contributed by atoms with Crippen LogP contribution in [0.15, 0.2) is 42.5 Å². The minimum Gasteiger partial charge on any atom is -0.495 e. The van der Waals surface area contributed by atoms with Crippen LogP contribution in [0, 0.1) is 10.1 Å². The highest BCUT2D eigenvalue weighted by molar-refractivity contribution is 6.30. The Hall–Kier alpha value is -2.80. The average Bonchev–Trinajstić information content (AvgIpc) is 2.56. The molecule has 1 N–H and O–H groups in total. The van der Waals surface area contributed by atoms with Gasteiger partial charge < -0.3 is 14.8 Å². The molecule has 25 heavy (non-hydrogen) atoms. The van der Waals surface area contributed by atoms with E-state index in [0.29, 0.717) is 16.5 Å². The van der Waals surface area contributed by atoms with Crippen molar-refractivity contribution in [3.05, 3.63) is 57.6 Å². The number of non-ortho nitro benzene ring substituents is 1. The number of hydrogen-bond donors (Lipinski definition) is 1. The fraction of sp³-hybridized carbons (Fsp3) is 0.235. The molecule has 0 saturated carbocycles. The molecule has 0 aliphatic carbocycles. The molecular weight excluding hydrogens is 348 g/mol. The predicted octanol–water partition coefficient (Wildman–Crippen LogP) is 4.05. The Balaban J connectivity index is 2.20. The van der Waals surface area contributed by atoms with Gasteiger partial charge in [0.15, 0.2) is 5.60 Å². The number of nitrogens with one attached hydrogen (secondary N) is 1. The van der Waals surface area contributed by atoms with Crippen molar-refractivity contribution in [1.82, 2.24) is 0 Å². The zero-order chi connectivity index (χ0) is 18.6. The number of rotatable bonds is 6. The molecule has 2 aromatic carbocycles. The zero-order valence-corrected chi connectivity index (χ0v) is 14.7. The second-order valence-electron chi connectivity index (χ2n) is 5.66. The van der Waals surface area contributed by atoms with Crippen LogP contribution in [0.3, 0.4) is 0 Å². The monoisotopic (exact) mass is 364 g/mol. The molecule has 0 spiro atoms. The van der Waals surface area contributed by atoms with E-state index in [4.69, 9.17) is 21.1 Å². The van der Waals surface area contributed by atoms with E-state index in [2.05, 4.69) is 5.32 Å². The maximum Gasteiger partial charge on any atom is 0.271 e. The van der Waals surface area contributed by atoms with Gasteiger partial charge >= 0.3 is 0 Å². The number of benzene rings is 2. The molecule has 7 nitrogen and oxygen atoms in total. The third kappa shape index (κ3) is 4.60. The summed E-state index contributed by atoms with van der Waals surface area (Å²) in [4.78, 5) is 22.9. The molecule has 0 aromatic heterocycles. The van der Waals surface area contributed by atoms with Gasteiger partial charge in [0.05, 0.1) is 17.7 Å². The smallest absolute Gasteiger partial charge is 0.271 e. The van der Waals surface area contributed by atoms with Crippen molar-refractivity contribution in [3.63, 3.8) is 0 Å². The molecule has 132 valence electrons. The second-order valence-corrected chi connectivity index (χ2v) is 6.10. The lowest BCUT2D eigenvalue weighted by Gasteiger charge is -2.25. The molecule has 2 rings (SSSR count). The van der Waals surface area contributed by atoms with E-state index in [1.807, 2.05) is 0 Å². The number of halogens is 1. The summed E-state index contributed by atoms with van der Waals surface area (Å²) in [6.07, 6.45) is 0. The first kappa shape index (κ1) is 18.5. The number of hydrogen-bond acceptors (Lipinski definition) is 5. The van der Waals surface area contributed by atoms with E-state index in [0.717, 1.165) is 0 Å².